The smallest absolute Gasteiger partial charge is 0.223 e. The lowest BCUT2D eigenvalue weighted by molar-refractivity contribution is -0.131. The molecule has 5 rings (SSSR count). The van der Waals surface area contributed by atoms with Crippen LogP contribution in [0.5, 0.6) is 5.75 Å². The molecule has 1 unspecified atom stereocenters. The van der Waals surface area contributed by atoms with Crippen LogP contribution in [-0.2, 0) is 17.8 Å². The van der Waals surface area contributed by atoms with Gasteiger partial charge in [-0.3, -0.25) is 4.79 Å². The number of carbonyl (C=O) groups excluding carboxylic acids is 1. The first-order valence-corrected chi connectivity index (χ1v) is 11.9. The number of hydrogen-bond donors (Lipinski definition) is 2. The monoisotopic (exact) mass is 451 g/mol. The summed E-state index contributed by atoms with van der Waals surface area (Å²) in [7, 11) is 0. The number of nitrogens with one attached hydrogen (secondary N) is 1. The van der Waals surface area contributed by atoms with Gasteiger partial charge >= 0.3 is 0 Å². The second kappa shape index (κ2) is 9.51. The van der Waals surface area contributed by atoms with E-state index in [1.807, 2.05) is 23.1 Å². The van der Waals surface area contributed by atoms with E-state index in [9.17, 15) is 14.3 Å². The number of amides is 1. The highest BCUT2D eigenvalue weighted by Gasteiger charge is 2.25. The molecule has 174 valence electrons. The Morgan fingerprint density at radius 3 is 2.91 bits per heavy atom. The van der Waals surface area contributed by atoms with E-state index >= 15 is 0 Å². The van der Waals surface area contributed by atoms with Crippen LogP contribution in [0.15, 0.2) is 36.4 Å². The molecule has 1 fully saturated rings. The number of aliphatic hydroxyl groups is 1. The van der Waals surface area contributed by atoms with Crippen LogP contribution >= 0.6 is 0 Å². The van der Waals surface area contributed by atoms with Gasteiger partial charge in [0.05, 0.1) is 23.7 Å². The molecule has 1 aromatic heterocycles. The Kier molecular flexibility index (Phi) is 6.31. The number of fused-ring (bicyclic) bond motifs is 2. The van der Waals surface area contributed by atoms with Gasteiger partial charge in [0.2, 0.25) is 5.91 Å². The average Bonchev–Trinajstić information content (AvgIpc) is 3.11. The SMILES string of the molecule is O=C(CCc1nc2ccc(F)cc2[nH]1)N1CCOc2ccc(C(O)C3CCCCC3)cc2C1. The third kappa shape index (κ3) is 4.88. The van der Waals surface area contributed by atoms with Crippen molar-refractivity contribution < 1.29 is 19.0 Å². The van der Waals surface area contributed by atoms with Crippen molar-refractivity contribution in [3.05, 3.63) is 59.2 Å². The molecule has 1 atom stereocenters. The first-order valence-electron chi connectivity index (χ1n) is 11.9. The normalized spacial score (nSPS) is 17.9. The van der Waals surface area contributed by atoms with E-state index < -0.39 is 6.10 Å². The number of rotatable bonds is 5. The molecule has 1 aliphatic heterocycles. The summed E-state index contributed by atoms with van der Waals surface area (Å²) in [4.78, 5) is 22.4. The molecule has 2 aliphatic rings. The molecule has 2 aromatic carbocycles. The summed E-state index contributed by atoms with van der Waals surface area (Å²) < 4.78 is 19.3. The van der Waals surface area contributed by atoms with Crippen LogP contribution in [0.25, 0.3) is 11.0 Å². The largest absolute Gasteiger partial charge is 0.491 e. The molecule has 1 amide bonds. The number of halogens is 1. The molecule has 2 heterocycles. The van der Waals surface area contributed by atoms with Crippen molar-refractivity contribution >= 4 is 16.9 Å². The van der Waals surface area contributed by atoms with Gasteiger partial charge in [-0.2, -0.15) is 0 Å². The predicted octanol–water partition coefficient (Wildman–Crippen LogP) is 4.67. The predicted molar refractivity (Wildman–Crippen MR) is 123 cm³/mol. The molecule has 1 saturated carbocycles. The molecular weight excluding hydrogens is 421 g/mol. The fraction of sp³-hybridized carbons (Fsp3) is 0.462. The maximum absolute atomic E-state index is 13.4. The lowest BCUT2D eigenvalue weighted by Gasteiger charge is -2.27. The van der Waals surface area contributed by atoms with Crippen LogP contribution in [0.4, 0.5) is 4.39 Å². The van der Waals surface area contributed by atoms with Crippen LogP contribution in [0.3, 0.4) is 0 Å². The second-order valence-corrected chi connectivity index (χ2v) is 9.22. The number of carbonyl (C=O) groups is 1. The summed E-state index contributed by atoms with van der Waals surface area (Å²) in [5.41, 5.74) is 3.18. The van der Waals surface area contributed by atoms with Gasteiger partial charge in [-0.25, -0.2) is 9.37 Å². The quantitative estimate of drug-likeness (QED) is 0.591. The minimum Gasteiger partial charge on any atom is -0.491 e. The summed E-state index contributed by atoms with van der Waals surface area (Å²) in [5, 5.41) is 10.9. The van der Waals surface area contributed by atoms with Crippen molar-refractivity contribution in [2.75, 3.05) is 13.2 Å². The number of nitrogens with zero attached hydrogens (tertiary/aromatic N) is 2. The van der Waals surface area contributed by atoms with E-state index in [0.717, 1.165) is 29.7 Å². The number of imidazole rings is 1. The molecule has 33 heavy (non-hydrogen) atoms. The van der Waals surface area contributed by atoms with Crippen molar-refractivity contribution in [1.82, 2.24) is 14.9 Å². The van der Waals surface area contributed by atoms with Gasteiger partial charge in [0, 0.05) is 24.9 Å². The van der Waals surface area contributed by atoms with E-state index in [1.165, 1.54) is 31.4 Å². The van der Waals surface area contributed by atoms with Gasteiger partial charge in [-0.05, 0) is 54.7 Å². The van der Waals surface area contributed by atoms with Crippen LogP contribution in [0, 0.1) is 11.7 Å². The van der Waals surface area contributed by atoms with Crippen LogP contribution < -0.4 is 4.74 Å². The van der Waals surface area contributed by atoms with Crippen molar-refractivity contribution in [2.24, 2.45) is 5.92 Å². The second-order valence-electron chi connectivity index (χ2n) is 9.22. The van der Waals surface area contributed by atoms with E-state index in [1.54, 1.807) is 6.07 Å². The fourth-order valence-electron chi connectivity index (χ4n) is 5.07. The number of benzene rings is 2. The van der Waals surface area contributed by atoms with Gasteiger partial charge in [-0.1, -0.05) is 25.3 Å². The Morgan fingerprint density at radius 1 is 1.21 bits per heavy atom. The number of ether oxygens (including phenoxy) is 1. The Balaban J connectivity index is 1.25. The number of aryl methyl sites for hydroxylation is 1. The molecule has 1 aliphatic carbocycles. The third-order valence-electron chi connectivity index (χ3n) is 6.92. The summed E-state index contributed by atoms with van der Waals surface area (Å²) in [5.74, 6) is 1.47. The van der Waals surface area contributed by atoms with E-state index in [0.29, 0.717) is 55.3 Å². The Morgan fingerprint density at radius 2 is 2.06 bits per heavy atom. The van der Waals surface area contributed by atoms with E-state index in [4.69, 9.17) is 4.74 Å². The zero-order valence-electron chi connectivity index (χ0n) is 18.7. The lowest BCUT2D eigenvalue weighted by Crippen LogP contribution is -2.32. The number of aromatic nitrogens is 2. The molecule has 6 nitrogen and oxygen atoms in total. The summed E-state index contributed by atoms with van der Waals surface area (Å²) in [6.07, 6.45) is 6.03. The van der Waals surface area contributed by atoms with Gasteiger partial charge in [0.25, 0.3) is 0 Å². The van der Waals surface area contributed by atoms with Crippen molar-refractivity contribution in [3.8, 4) is 5.75 Å². The van der Waals surface area contributed by atoms with E-state index in [-0.39, 0.29) is 11.7 Å². The first-order chi connectivity index (χ1) is 16.1. The lowest BCUT2D eigenvalue weighted by atomic mass is 9.82. The molecule has 2 N–H and O–H groups in total. The molecule has 0 bridgehead atoms. The first kappa shape index (κ1) is 21.9. The fourth-order valence-corrected chi connectivity index (χ4v) is 5.07. The van der Waals surface area contributed by atoms with Crippen molar-refractivity contribution in [1.29, 1.82) is 0 Å². The highest BCUT2D eigenvalue weighted by atomic mass is 19.1. The summed E-state index contributed by atoms with van der Waals surface area (Å²) >= 11 is 0. The van der Waals surface area contributed by atoms with E-state index in [2.05, 4.69) is 9.97 Å². The zero-order valence-corrected chi connectivity index (χ0v) is 18.7. The topological polar surface area (TPSA) is 78.5 Å². The highest BCUT2D eigenvalue weighted by Crippen LogP contribution is 2.36. The van der Waals surface area contributed by atoms with Gasteiger partial charge in [0.1, 0.15) is 24.0 Å². The maximum Gasteiger partial charge on any atom is 0.223 e. The highest BCUT2D eigenvalue weighted by molar-refractivity contribution is 5.77. The maximum atomic E-state index is 13.4. The zero-order chi connectivity index (χ0) is 22.8. The minimum atomic E-state index is -0.471. The molecular formula is C26H30FN3O3. The van der Waals surface area contributed by atoms with Gasteiger partial charge in [0.15, 0.2) is 0 Å². The third-order valence-corrected chi connectivity index (χ3v) is 6.92. The Labute approximate surface area is 192 Å². The molecule has 3 aromatic rings. The number of H-pyrrole nitrogens is 1. The summed E-state index contributed by atoms with van der Waals surface area (Å²) in [6, 6.07) is 10.3. The van der Waals surface area contributed by atoms with Crippen molar-refractivity contribution in [3.63, 3.8) is 0 Å². The van der Waals surface area contributed by atoms with Crippen LogP contribution in [0.2, 0.25) is 0 Å². The van der Waals surface area contributed by atoms with Crippen molar-refractivity contribution in [2.45, 2.75) is 57.6 Å². The minimum absolute atomic E-state index is 0.0244. The Hall–Kier alpha value is -2.93. The molecule has 7 heteroatoms. The average molecular weight is 452 g/mol. The molecule has 0 saturated heterocycles. The number of aromatic amines is 1. The van der Waals surface area contributed by atoms with Gasteiger partial charge < -0.3 is 19.7 Å². The molecule has 0 spiro atoms. The number of aliphatic hydroxyl groups excluding tert-OH is 1. The number of hydrogen-bond acceptors (Lipinski definition) is 4. The van der Waals surface area contributed by atoms with Crippen LogP contribution in [-0.4, -0.2) is 39.0 Å². The van der Waals surface area contributed by atoms with Crippen LogP contribution in [0.1, 0.15) is 61.6 Å². The Bertz CT molecular complexity index is 1140. The standard InChI is InChI=1S/C26H30FN3O3/c27-20-7-8-21-22(15-20)29-24(28-21)10-11-25(31)30-12-13-33-23-9-6-18(14-19(23)16-30)26(32)17-4-2-1-3-5-17/h6-9,14-15,17,26,32H,1-5,10-13,16H2,(H,28,29). The summed E-state index contributed by atoms with van der Waals surface area (Å²) in [6.45, 7) is 1.41. The molecule has 0 radical (unpaired) electrons. The van der Waals surface area contributed by atoms with Gasteiger partial charge in [-0.15, -0.1) is 0 Å².